The van der Waals surface area contributed by atoms with Crippen LogP contribution in [0.2, 0.25) is 5.15 Å². The van der Waals surface area contributed by atoms with E-state index in [0.717, 1.165) is 51.5 Å². The smallest absolute Gasteiger partial charge is 0.232 e. The summed E-state index contributed by atoms with van der Waals surface area (Å²) < 4.78 is 5.63. The number of anilines is 2. The van der Waals surface area contributed by atoms with E-state index in [2.05, 4.69) is 58.6 Å². The van der Waals surface area contributed by atoms with Crippen molar-refractivity contribution in [2.24, 2.45) is 11.8 Å². The lowest BCUT2D eigenvalue weighted by Gasteiger charge is -2.38. The number of nitrogens with zero attached hydrogens (tertiary/aromatic N) is 3. The largest absolute Gasteiger partial charge is 0.381 e. The van der Waals surface area contributed by atoms with Gasteiger partial charge in [0.05, 0.1) is 0 Å². The van der Waals surface area contributed by atoms with Crippen LogP contribution in [0.4, 0.5) is 11.8 Å². The van der Waals surface area contributed by atoms with Crippen LogP contribution in [0.25, 0.3) is 0 Å². The molecule has 6 nitrogen and oxygen atoms in total. The highest BCUT2D eigenvalue weighted by molar-refractivity contribution is 7.80. The second kappa shape index (κ2) is 10.3. The zero-order valence-electron chi connectivity index (χ0n) is 18.8. The maximum Gasteiger partial charge on any atom is 0.232 e. The number of hydrogen-bond donors (Lipinski definition) is 2. The number of halogens is 1. The molecule has 2 aliphatic heterocycles. The zero-order valence-corrected chi connectivity index (χ0v) is 20.4. The van der Waals surface area contributed by atoms with E-state index in [1.54, 1.807) is 0 Å². The highest BCUT2D eigenvalue weighted by atomic mass is 35.5. The number of nitrogens with one attached hydrogen (secondary N) is 2. The molecule has 8 heteroatoms. The minimum Gasteiger partial charge on any atom is -0.381 e. The number of rotatable bonds is 5. The van der Waals surface area contributed by atoms with E-state index in [1.165, 1.54) is 12.0 Å². The second-order valence-electron chi connectivity index (χ2n) is 9.29. The van der Waals surface area contributed by atoms with Crippen LogP contribution in [0.1, 0.15) is 38.7 Å². The van der Waals surface area contributed by atoms with Crippen molar-refractivity contribution in [3.63, 3.8) is 0 Å². The third kappa shape index (κ3) is 5.69. The van der Waals surface area contributed by atoms with Gasteiger partial charge in [-0.15, -0.1) is 0 Å². The average Bonchev–Trinajstić information content (AvgIpc) is 2.78. The summed E-state index contributed by atoms with van der Waals surface area (Å²) in [5.41, 5.74) is 1.30. The number of piperidine rings is 1. The molecule has 0 saturated carbocycles. The summed E-state index contributed by atoms with van der Waals surface area (Å²) in [7, 11) is 0. The van der Waals surface area contributed by atoms with Crippen LogP contribution >= 0.6 is 23.8 Å². The number of thiocarbonyl (C=S) groups is 1. The number of ether oxygens (including phenoxy) is 1. The van der Waals surface area contributed by atoms with Gasteiger partial charge >= 0.3 is 0 Å². The Balaban J connectivity index is 1.43. The van der Waals surface area contributed by atoms with Gasteiger partial charge < -0.3 is 20.3 Å². The van der Waals surface area contributed by atoms with Gasteiger partial charge in [-0.25, -0.2) is 4.98 Å². The van der Waals surface area contributed by atoms with Crippen molar-refractivity contribution >= 4 is 40.7 Å². The molecular weight excluding hydrogens is 442 g/mol. The lowest BCUT2D eigenvalue weighted by molar-refractivity contribution is 0.0515. The highest BCUT2D eigenvalue weighted by Gasteiger charge is 2.34. The van der Waals surface area contributed by atoms with Crippen molar-refractivity contribution in [2.75, 3.05) is 43.1 Å². The van der Waals surface area contributed by atoms with E-state index >= 15 is 0 Å². The predicted molar refractivity (Wildman–Crippen MR) is 135 cm³/mol. The molecule has 0 aliphatic carbocycles. The maximum atomic E-state index is 6.33. The van der Waals surface area contributed by atoms with Gasteiger partial charge in [0.2, 0.25) is 5.95 Å². The third-order valence-electron chi connectivity index (χ3n) is 6.52. The SMILES string of the molecule is CC1CC(C)CN(c2cc(Cl)nc(NC(=S)NCC3(c4ccccc4)CCOCC3)n2)C1. The van der Waals surface area contributed by atoms with Gasteiger partial charge in [-0.2, -0.15) is 4.98 Å². The van der Waals surface area contributed by atoms with Gasteiger partial charge in [-0.1, -0.05) is 55.8 Å². The summed E-state index contributed by atoms with van der Waals surface area (Å²) in [5, 5.41) is 7.46. The van der Waals surface area contributed by atoms with Gasteiger partial charge in [0.1, 0.15) is 11.0 Å². The summed E-state index contributed by atoms with van der Waals surface area (Å²) in [6, 6.07) is 12.4. The molecule has 0 amide bonds. The van der Waals surface area contributed by atoms with Crippen molar-refractivity contribution in [1.29, 1.82) is 0 Å². The summed E-state index contributed by atoms with van der Waals surface area (Å²) in [6.07, 6.45) is 3.15. The van der Waals surface area contributed by atoms with Crippen LogP contribution < -0.4 is 15.5 Å². The molecule has 3 heterocycles. The van der Waals surface area contributed by atoms with E-state index in [-0.39, 0.29) is 5.41 Å². The fourth-order valence-electron chi connectivity index (χ4n) is 4.99. The Bertz CT molecular complexity index is 912. The zero-order chi connectivity index (χ0) is 22.6. The monoisotopic (exact) mass is 473 g/mol. The van der Waals surface area contributed by atoms with Crippen LogP contribution in [0, 0.1) is 11.8 Å². The Kier molecular flexibility index (Phi) is 7.48. The second-order valence-corrected chi connectivity index (χ2v) is 10.1. The van der Waals surface area contributed by atoms with Gasteiger partial charge in [-0.3, -0.25) is 0 Å². The first-order valence-corrected chi connectivity index (χ1v) is 12.2. The molecule has 2 atom stereocenters. The third-order valence-corrected chi connectivity index (χ3v) is 6.96. The van der Waals surface area contributed by atoms with Crippen LogP contribution in [-0.2, 0) is 10.2 Å². The van der Waals surface area contributed by atoms with Crippen molar-refractivity contribution < 1.29 is 4.74 Å². The van der Waals surface area contributed by atoms with Crippen LogP contribution in [0.5, 0.6) is 0 Å². The molecule has 0 radical (unpaired) electrons. The predicted octanol–water partition coefficient (Wildman–Crippen LogP) is 4.65. The molecule has 0 bridgehead atoms. The molecule has 2 saturated heterocycles. The molecule has 2 aromatic rings. The molecule has 172 valence electrons. The summed E-state index contributed by atoms with van der Waals surface area (Å²) in [4.78, 5) is 11.3. The normalized spacial score (nSPS) is 22.9. The molecule has 2 N–H and O–H groups in total. The van der Waals surface area contributed by atoms with Gasteiger partial charge in [0.25, 0.3) is 0 Å². The van der Waals surface area contributed by atoms with E-state index in [4.69, 9.17) is 33.5 Å². The molecule has 1 aromatic heterocycles. The lowest BCUT2D eigenvalue weighted by atomic mass is 9.74. The molecule has 2 aliphatic rings. The standard InChI is InChI=1S/C24H32ClN5OS/c1-17-12-18(2)15-30(14-17)21-13-20(25)27-22(28-21)29-23(32)26-16-24(8-10-31-11-9-24)19-6-4-3-5-7-19/h3-7,13,17-18H,8-12,14-16H2,1-2H3,(H2,26,27,28,29,32). The summed E-state index contributed by atoms with van der Waals surface area (Å²) >= 11 is 11.9. The Hall–Kier alpha value is -1.96. The molecule has 2 fully saturated rings. The number of aromatic nitrogens is 2. The van der Waals surface area contributed by atoms with Crippen LogP contribution in [0.15, 0.2) is 36.4 Å². The molecule has 0 spiro atoms. The van der Waals surface area contributed by atoms with E-state index < -0.39 is 0 Å². The Labute approximate surface area is 201 Å². The van der Waals surface area contributed by atoms with Gasteiger partial charge in [-0.05, 0) is 48.9 Å². The average molecular weight is 474 g/mol. The first kappa shape index (κ1) is 23.2. The minimum absolute atomic E-state index is 0.00826. The lowest BCUT2D eigenvalue weighted by Crippen LogP contribution is -2.45. The minimum atomic E-state index is -0.00826. The fourth-order valence-corrected chi connectivity index (χ4v) is 5.33. The fraction of sp³-hybridized carbons (Fsp3) is 0.542. The van der Waals surface area contributed by atoms with Crippen molar-refractivity contribution in [1.82, 2.24) is 15.3 Å². The van der Waals surface area contributed by atoms with Gasteiger partial charge in [0.15, 0.2) is 5.11 Å². The summed E-state index contributed by atoms with van der Waals surface area (Å²) in [6.45, 7) is 8.74. The van der Waals surface area contributed by atoms with Gasteiger partial charge in [0, 0.05) is 44.3 Å². The van der Waals surface area contributed by atoms with Crippen molar-refractivity contribution in [2.45, 2.75) is 38.5 Å². The highest BCUT2D eigenvalue weighted by Crippen LogP contribution is 2.34. The molecule has 4 rings (SSSR count). The first-order chi connectivity index (χ1) is 15.4. The molecule has 2 unspecified atom stereocenters. The number of hydrogen-bond acceptors (Lipinski definition) is 5. The first-order valence-electron chi connectivity index (χ1n) is 11.4. The molecule has 32 heavy (non-hydrogen) atoms. The topological polar surface area (TPSA) is 62.3 Å². The molecule has 1 aromatic carbocycles. The van der Waals surface area contributed by atoms with Crippen molar-refractivity contribution in [3.8, 4) is 0 Å². The Morgan fingerprint density at radius 2 is 1.84 bits per heavy atom. The van der Waals surface area contributed by atoms with E-state index in [0.29, 0.717) is 28.0 Å². The maximum absolute atomic E-state index is 6.33. The summed E-state index contributed by atoms with van der Waals surface area (Å²) in [5.74, 6) is 2.52. The quantitative estimate of drug-likeness (QED) is 0.484. The van der Waals surface area contributed by atoms with Crippen LogP contribution in [-0.4, -0.2) is 47.9 Å². The Morgan fingerprint density at radius 3 is 2.53 bits per heavy atom. The molecular formula is C24H32ClN5OS. The number of benzene rings is 1. The van der Waals surface area contributed by atoms with Crippen molar-refractivity contribution in [3.05, 3.63) is 47.1 Å². The van der Waals surface area contributed by atoms with E-state index in [1.807, 2.05) is 12.1 Å². The van der Waals surface area contributed by atoms with E-state index in [9.17, 15) is 0 Å². The Morgan fingerprint density at radius 1 is 1.16 bits per heavy atom. The van der Waals surface area contributed by atoms with Crippen LogP contribution in [0.3, 0.4) is 0 Å².